The van der Waals surface area contributed by atoms with Gasteiger partial charge < -0.3 is 15.2 Å². The van der Waals surface area contributed by atoms with E-state index >= 15 is 0 Å². The third kappa shape index (κ3) is 7.31. The van der Waals surface area contributed by atoms with Crippen LogP contribution in [-0.4, -0.2) is 29.1 Å². The fourth-order valence-electron chi connectivity index (χ4n) is 4.11. The number of nitrogens with zero attached hydrogens (tertiary/aromatic N) is 1. The predicted molar refractivity (Wildman–Crippen MR) is 132 cm³/mol. The van der Waals surface area contributed by atoms with Crippen molar-refractivity contribution in [3.63, 3.8) is 0 Å². The first-order chi connectivity index (χ1) is 15.4. The Labute approximate surface area is 197 Å². The van der Waals surface area contributed by atoms with Crippen LogP contribution >= 0.6 is 0 Å². The molecule has 33 heavy (non-hydrogen) atoms. The number of ether oxygens (including phenoxy) is 1. The van der Waals surface area contributed by atoms with E-state index in [0.717, 1.165) is 30.4 Å². The molecule has 1 aromatic heterocycles. The van der Waals surface area contributed by atoms with Crippen molar-refractivity contribution in [2.45, 2.75) is 78.6 Å². The van der Waals surface area contributed by atoms with Crippen molar-refractivity contribution >= 4 is 17.6 Å². The number of carbonyl (C=O) groups is 2. The lowest BCUT2D eigenvalue weighted by atomic mass is 9.83. The van der Waals surface area contributed by atoms with E-state index in [1.54, 1.807) is 26.3 Å². The number of carboxylic acids is 1. The van der Waals surface area contributed by atoms with E-state index in [0.29, 0.717) is 23.0 Å². The van der Waals surface area contributed by atoms with Crippen LogP contribution < -0.4 is 10.1 Å². The predicted octanol–water partition coefficient (Wildman–Crippen LogP) is 6.33. The number of anilines is 1. The number of aromatic carboxylic acids is 1. The highest BCUT2D eigenvalue weighted by molar-refractivity contribution is 5.96. The minimum Gasteiger partial charge on any atom is -0.481 e. The largest absolute Gasteiger partial charge is 0.481 e. The minimum atomic E-state index is -1.00. The molecule has 180 valence electrons. The van der Waals surface area contributed by atoms with Gasteiger partial charge >= 0.3 is 5.97 Å². The average Bonchev–Trinajstić information content (AvgIpc) is 2.72. The second-order valence-corrected chi connectivity index (χ2v) is 10.1. The van der Waals surface area contributed by atoms with E-state index in [1.807, 2.05) is 39.0 Å². The summed E-state index contributed by atoms with van der Waals surface area (Å²) in [4.78, 5) is 29.2. The SMILES string of the molecule is COc1ncccc1C(CCCC(C)C)CC(=O)Nc1cc(C(=O)O)c(C)cc1C(C)(C)C. The normalized spacial score (nSPS) is 12.5. The lowest BCUT2D eigenvalue weighted by Gasteiger charge is -2.25. The zero-order chi connectivity index (χ0) is 24.8. The summed E-state index contributed by atoms with van der Waals surface area (Å²) in [6.07, 6.45) is 4.86. The van der Waals surface area contributed by atoms with Gasteiger partial charge in [0.2, 0.25) is 11.8 Å². The third-order valence-electron chi connectivity index (χ3n) is 5.88. The van der Waals surface area contributed by atoms with Crippen LogP contribution in [0.4, 0.5) is 5.69 Å². The van der Waals surface area contributed by atoms with Gasteiger partial charge in [-0.25, -0.2) is 9.78 Å². The number of carboxylic acid groups (broad SMARTS) is 1. The number of hydrogen-bond donors (Lipinski definition) is 2. The molecular formula is C27H38N2O4. The summed E-state index contributed by atoms with van der Waals surface area (Å²) in [6.45, 7) is 12.3. The summed E-state index contributed by atoms with van der Waals surface area (Å²) in [6, 6.07) is 7.27. The highest BCUT2D eigenvalue weighted by atomic mass is 16.5. The zero-order valence-corrected chi connectivity index (χ0v) is 21.0. The van der Waals surface area contributed by atoms with E-state index in [-0.39, 0.29) is 29.2 Å². The molecule has 2 aromatic rings. The maximum Gasteiger partial charge on any atom is 0.336 e. The minimum absolute atomic E-state index is 0.0464. The fourth-order valence-corrected chi connectivity index (χ4v) is 4.11. The molecule has 0 radical (unpaired) electrons. The lowest BCUT2D eigenvalue weighted by Crippen LogP contribution is -2.21. The molecular weight excluding hydrogens is 416 g/mol. The number of amides is 1. The Morgan fingerprint density at radius 1 is 1.18 bits per heavy atom. The summed E-state index contributed by atoms with van der Waals surface area (Å²) in [5, 5.41) is 12.6. The molecule has 0 spiro atoms. The number of pyridine rings is 1. The monoisotopic (exact) mass is 454 g/mol. The molecule has 1 amide bonds. The number of methoxy groups -OCH3 is 1. The van der Waals surface area contributed by atoms with E-state index in [9.17, 15) is 14.7 Å². The maximum absolute atomic E-state index is 13.2. The van der Waals surface area contributed by atoms with Gasteiger partial charge in [0.1, 0.15) is 0 Å². The molecule has 1 heterocycles. The van der Waals surface area contributed by atoms with Crippen LogP contribution in [0.5, 0.6) is 5.88 Å². The van der Waals surface area contributed by atoms with E-state index in [2.05, 4.69) is 24.1 Å². The molecule has 1 aromatic carbocycles. The van der Waals surface area contributed by atoms with Crippen molar-refractivity contribution in [1.29, 1.82) is 0 Å². The Kier molecular flexibility index (Phi) is 9.03. The van der Waals surface area contributed by atoms with Gasteiger partial charge in [0, 0.05) is 23.9 Å². The van der Waals surface area contributed by atoms with Gasteiger partial charge in [0.05, 0.1) is 12.7 Å². The van der Waals surface area contributed by atoms with Crippen molar-refractivity contribution in [2.24, 2.45) is 5.92 Å². The fraction of sp³-hybridized carbons (Fsp3) is 0.519. The molecule has 1 atom stereocenters. The van der Waals surface area contributed by atoms with E-state index in [4.69, 9.17) is 4.74 Å². The molecule has 0 bridgehead atoms. The number of nitrogens with one attached hydrogen (secondary N) is 1. The first-order valence-corrected chi connectivity index (χ1v) is 11.6. The number of hydrogen-bond acceptors (Lipinski definition) is 4. The zero-order valence-electron chi connectivity index (χ0n) is 21.0. The van der Waals surface area contributed by atoms with Crippen LogP contribution in [0.15, 0.2) is 30.5 Å². The molecule has 0 saturated heterocycles. The average molecular weight is 455 g/mol. The Balaban J connectivity index is 2.34. The molecule has 0 aliphatic heterocycles. The molecule has 0 saturated carbocycles. The highest BCUT2D eigenvalue weighted by Gasteiger charge is 2.25. The second-order valence-electron chi connectivity index (χ2n) is 10.1. The van der Waals surface area contributed by atoms with Crippen LogP contribution in [0.3, 0.4) is 0 Å². The first kappa shape index (κ1) is 26.4. The Morgan fingerprint density at radius 2 is 1.88 bits per heavy atom. The standard InChI is InChI=1S/C27H38N2O4/c1-17(2)10-8-11-19(20-12-9-13-28-25(20)33-7)15-24(30)29-23-16-21(26(31)32)18(3)14-22(23)27(4,5)6/h9,12-14,16-17,19H,8,10-11,15H2,1-7H3,(H,29,30)(H,31,32). The van der Waals surface area contributed by atoms with Gasteiger partial charge in [-0.05, 0) is 53.9 Å². The number of benzene rings is 1. The molecule has 6 heteroatoms. The third-order valence-corrected chi connectivity index (χ3v) is 5.88. The van der Waals surface area contributed by atoms with Crippen molar-refractivity contribution in [3.05, 3.63) is 52.7 Å². The summed E-state index contributed by atoms with van der Waals surface area (Å²) < 4.78 is 5.46. The topological polar surface area (TPSA) is 88.5 Å². The van der Waals surface area contributed by atoms with Crippen LogP contribution in [-0.2, 0) is 10.2 Å². The second kappa shape index (κ2) is 11.3. The number of rotatable bonds is 10. The van der Waals surface area contributed by atoms with Gasteiger partial charge in [-0.3, -0.25) is 4.79 Å². The van der Waals surface area contributed by atoms with Crippen molar-refractivity contribution in [3.8, 4) is 5.88 Å². The van der Waals surface area contributed by atoms with Gasteiger partial charge in [-0.2, -0.15) is 0 Å². The smallest absolute Gasteiger partial charge is 0.336 e. The van der Waals surface area contributed by atoms with Gasteiger partial charge in [0.15, 0.2) is 0 Å². The van der Waals surface area contributed by atoms with Crippen LogP contribution in [0.2, 0.25) is 0 Å². The first-order valence-electron chi connectivity index (χ1n) is 11.6. The Bertz CT molecular complexity index is 977. The molecule has 2 rings (SSSR count). The quantitative estimate of drug-likeness (QED) is 0.438. The van der Waals surface area contributed by atoms with Gasteiger partial charge in [-0.1, -0.05) is 59.6 Å². The van der Waals surface area contributed by atoms with Crippen molar-refractivity contribution < 1.29 is 19.4 Å². The summed E-state index contributed by atoms with van der Waals surface area (Å²) >= 11 is 0. The van der Waals surface area contributed by atoms with Crippen molar-refractivity contribution in [1.82, 2.24) is 4.98 Å². The molecule has 1 unspecified atom stereocenters. The van der Waals surface area contributed by atoms with E-state index < -0.39 is 5.97 Å². The summed E-state index contributed by atoms with van der Waals surface area (Å²) in [5.41, 5.74) is 3.00. The molecule has 6 nitrogen and oxygen atoms in total. The van der Waals surface area contributed by atoms with Crippen LogP contribution in [0, 0.1) is 12.8 Å². The molecule has 0 aliphatic carbocycles. The molecule has 0 aliphatic rings. The highest BCUT2D eigenvalue weighted by Crippen LogP contribution is 2.35. The Morgan fingerprint density at radius 3 is 2.45 bits per heavy atom. The molecule has 2 N–H and O–H groups in total. The summed E-state index contributed by atoms with van der Waals surface area (Å²) in [5.74, 6) is -0.0727. The van der Waals surface area contributed by atoms with Crippen LogP contribution in [0.1, 0.15) is 93.3 Å². The van der Waals surface area contributed by atoms with Crippen LogP contribution in [0.25, 0.3) is 0 Å². The maximum atomic E-state index is 13.2. The lowest BCUT2D eigenvalue weighted by molar-refractivity contribution is -0.116. The van der Waals surface area contributed by atoms with Gasteiger partial charge in [-0.15, -0.1) is 0 Å². The number of aryl methyl sites for hydroxylation is 1. The van der Waals surface area contributed by atoms with Crippen molar-refractivity contribution in [2.75, 3.05) is 12.4 Å². The molecule has 0 fully saturated rings. The van der Waals surface area contributed by atoms with Gasteiger partial charge in [0.25, 0.3) is 0 Å². The number of carbonyl (C=O) groups excluding carboxylic acids is 1. The Hall–Kier alpha value is -2.89. The number of aromatic nitrogens is 1. The van der Waals surface area contributed by atoms with E-state index in [1.165, 1.54) is 0 Å². The summed E-state index contributed by atoms with van der Waals surface area (Å²) in [7, 11) is 1.59.